The molecule has 0 spiro atoms. The zero-order valence-electron chi connectivity index (χ0n) is 9.56. The normalized spacial score (nSPS) is 28.2. The van der Waals surface area contributed by atoms with Gasteiger partial charge in [0.15, 0.2) is 0 Å². The molecule has 1 aromatic heterocycles. The van der Waals surface area contributed by atoms with Crippen molar-refractivity contribution in [3.63, 3.8) is 0 Å². The molecular weight excluding hydrogens is 192 g/mol. The molecular formula is C11H18N2O2. The molecule has 1 fully saturated rings. The summed E-state index contributed by atoms with van der Waals surface area (Å²) >= 11 is 0. The quantitative estimate of drug-likeness (QED) is 0.743. The summed E-state index contributed by atoms with van der Waals surface area (Å²) in [5.41, 5.74) is 1.01. The molecule has 15 heavy (non-hydrogen) atoms. The highest BCUT2D eigenvalue weighted by molar-refractivity contribution is 5.03. The first-order chi connectivity index (χ1) is 7.15. The van der Waals surface area contributed by atoms with Gasteiger partial charge in [-0.25, -0.2) is 0 Å². The van der Waals surface area contributed by atoms with Gasteiger partial charge in [0.2, 0.25) is 0 Å². The summed E-state index contributed by atoms with van der Waals surface area (Å²) in [6, 6.07) is 2.45. The van der Waals surface area contributed by atoms with Crippen LogP contribution in [-0.4, -0.2) is 35.4 Å². The Labute approximate surface area is 90.2 Å². The Hall–Kier alpha value is -0.870. The molecule has 4 heteroatoms. The molecule has 1 aromatic rings. The highest BCUT2D eigenvalue weighted by Gasteiger charge is 2.23. The van der Waals surface area contributed by atoms with Crippen LogP contribution in [0, 0.1) is 6.92 Å². The zero-order chi connectivity index (χ0) is 10.8. The molecule has 0 aromatic carbocycles. The van der Waals surface area contributed by atoms with Gasteiger partial charge in [-0.05, 0) is 20.8 Å². The Kier molecular flexibility index (Phi) is 3.07. The Morgan fingerprint density at radius 1 is 1.53 bits per heavy atom. The van der Waals surface area contributed by atoms with Crippen molar-refractivity contribution >= 4 is 0 Å². The van der Waals surface area contributed by atoms with Crippen molar-refractivity contribution in [2.45, 2.75) is 39.5 Å². The van der Waals surface area contributed by atoms with Gasteiger partial charge in [-0.15, -0.1) is 0 Å². The Morgan fingerprint density at radius 3 is 3.00 bits per heavy atom. The van der Waals surface area contributed by atoms with E-state index in [-0.39, 0.29) is 0 Å². The lowest BCUT2D eigenvalue weighted by Crippen LogP contribution is -2.46. The minimum Gasteiger partial charge on any atom is -0.376 e. The lowest BCUT2D eigenvalue weighted by molar-refractivity contribution is -0.0532. The zero-order valence-corrected chi connectivity index (χ0v) is 9.56. The Bertz CT molecular complexity index is 324. The lowest BCUT2D eigenvalue weighted by Gasteiger charge is -2.36. The maximum atomic E-state index is 5.58. The fraction of sp³-hybridized carbons (Fsp3) is 0.727. The van der Waals surface area contributed by atoms with Crippen LogP contribution in [0.3, 0.4) is 0 Å². The van der Waals surface area contributed by atoms with E-state index in [9.17, 15) is 0 Å². The third-order valence-corrected chi connectivity index (χ3v) is 2.78. The molecule has 1 aliphatic rings. The van der Waals surface area contributed by atoms with Gasteiger partial charge in [0.1, 0.15) is 5.76 Å². The second-order valence-corrected chi connectivity index (χ2v) is 4.35. The molecule has 0 aliphatic carbocycles. The number of aromatic nitrogens is 1. The fourth-order valence-corrected chi connectivity index (χ4v) is 1.89. The average molecular weight is 210 g/mol. The molecule has 1 saturated heterocycles. The summed E-state index contributed by atoms with van der Waals surface area (Å²) in [6.07, 6.45) is 0.314. The van der Waals surface area contributed by atoms with Crippen LogP contribution in [0.15, 0.2) is 10.6 Å². The van der Waals surface area contributed by atoms with Crippen LogP contribution in [0.4, 0.5) is 0 Å². The van der Waals surface area contributed by atoms with Crippen molar-refractivity contribution in [2.24, 2.45) is 0 Å². The van der Waals surface area contributed by atoms with Gasteiger partial charge in [0, 0.05) is 25.2 Å². The van der Waals surface area contributed by atoms with Crippen molar-refractivity contribution in [1.29, 1.82) is 0 Å². The number of hydrogen-bond acceptors (Lipinski definition) is 4. The molecule has 84 valence electrons. The van der Waals surface area contributed by atoms with Gasteiger partial charge in [0.05, 0.1) is 18.4 Å². The second kappa shape index (κ2) is 4.33. The van der Waals surface area contributed by atoms with Crippen LogP contribution in [0.1, 0.15) is 25.3 Å². The molecule has 2 heterocycles. The van der Waals surface area contributed by atoms with Gasteiger partial charge in [-0.1, -0.05) is 5.16 Å². The average Bonchev–Trinajstić information content (AvgIpc) is 2.58. The van der Waals surface area contributed by atoms with Gasteiger partial charge >= 0.3 is 0 Å². The largest absolute Gasteiger partial charge is 0.376 e. The SMILES string of the molecule is Cc1cc(CN2C[C@@H](C)OC[C@@H]2C)no1. The number of rotatable bonds is 2. The summed E-state index contributed by atoms with van der Waals surface area (Å²) in [4.78, 5) is 2.38. The highest BCUT2D eigenvalue weighted by atomic mass is 16.5. The Balaban J connectivity index is 1.98. The van der Waals surface area contributed by atoms with Crippen LogP contribution in [0.5, 0.6) is 0 Å². The molecule has 2 rings (SSSR count). The predicted octanol–water partition coefficient (Wildman–Crippen LogP) is 1.59. The van der Waals surface area contributed by atoms with Crippen LogP contribution >= 0.6 is 0 Å². The molecule has 0 saturated carbocycles. The first-order valence-electron chi connectivity index (χ1n) is 5.43. The highest BCUT2D eigenvalue weighted by Crippen LogP contribution is 2.15. The van der Waals surface area contributed by atoms with Gasteiger partial charge in [-0.3, -0.25) is 4.90 Å². The molecule has 0 bridgehead atoms. The molecule has 0 radical (unpaired) electrons. The van der Waals surface area contributed by atoms with E-state index in [2.05, 4.69) is 23.9 Å². The number of aryl methyl sites for hydroxylation is 1. The van der Waals surface area contributed by atoms with Gasteiger partial charge < -0.3 is 9.26 Å². The number of morpholine rings is 1. The molecule has 1 aliphatic heterocycles. The molecule has 0 amide bonds. The maximum absolute atomic E-state index is 5.58. The van der Waals surface area contributed by atoms with Crippen LogP contribution in [-0.2, 0) is 11.3 Å². The van der Waals surface area contributed by atoms with Crippen molar-refractivity contribution in [1.82, 2.24) is 10.1 Å². The maximum Gasteiger partial charge on any atom is 0.133 e. The van der Waals surface area contributed by atoms with E-state index in [4.69, 9.17) is 9.26 Å². The summed E-state index contributed by atoms with van der Waals surface area (Å²) < 4.78 is 10.6. The molecule has 4 nitrogen and oxygen atoms in total. The van der Waals surface area contributed by atoms with E-state index in [1.165, 1.54) is 0 Å². The van der Waals surface area contributed by atoms with Gasteiger partial charge in [0.25, 0.3) is 0 Å². The van der Waals surface area contributed by atoms with Crippen molar-refractivity contribution in [2.75, 3.05) is 13.2 Å². The Morgan fingerprint density at radius 2 is 2.33 bits per heavy atom. The summed E-state index contributed by atoms with van der Waals surface area (Å²) in [5.74, 6) is 0.874. The summed E-state index contributed by atoms with van der Waals surface area (Å²) in [5, 5.41) is 4.01. The standard InChI is InChI=1S/C11H18N2O2/c1-8-7-14-10(3)5-13(8)6-11-4-9(2)15-12-11/h4,8,10H,5-7H2,1-3H3/t8-,10+/m0/s1. The minimum atomic E-state index is 0.314. The lowest BCUT2D eigenvalue weighted by atomic mass is 10.2. The second-order valence-electron chi connectivity index (χ2n) is 4.35. The fourth-order valence-electron chi connectivity index (χ4n) is 1.89. The summed E-state index contributed by atoms with van der Waals surface area (Å²) in [7, 11) is 0. The molecule has 0 N–H and O–H groups in total. The number of nitrogens with zero attached hydrogens (tertiary/aromatic N) is 2. The minimum absolute atomic E-state index is 0.314. The van der Waals surface area contributed by atoms with Crippen molar-refractivity contribution in [3.05, 3.63) is 17.5 Å². The van der Waals surface area contributed by atoms with E-state index < -0.39 is 0 Å². The molecule has 2 atom stereocenters. The third-order valence-electron chi connectivity index (χ3n) is 2.78. The number of hydrogen-bond donors (Lipinski definition) is 0. The predicted molar refractivity (Wildman–Crippen MR) is 56.5 cm³/mol. The van der Waals surface area contributed by atoms with Crippen molar-refractivity contribution < 1.29 is 9.26 Å². The van der Waals surface area contributed by atoms with E-state index in [0.29, 0.717) is 12.1 Å². The van der Waals surface area contributed by atoms with Crippen LogP contribution in [0.25, 0.3) is 0 Å². The topological polar surface area (TPSA) is 38.5 Å². The van der Waals surface area contributed by atoms with E-state index in [1.54, 1.807) is 0 Å². The monoisotopic (exact) mass is 210 g/mol. The van der Waals surface area contributed by atoms with Crippen molar-refractivity contribution in [3.8, 4) is 0 Å². The van der Waals surface area contributed by atoms with Gasteiger partial charge in [-0.2, -0.15) is 0 Å². The van der Waals surface area contributed by atoms with E-state index in [1.807, 2.05) is 13.0 Å². The van der Waals surface area contributed by atoms with E-state index >= 15 is 0 Å². The van der Waals surface area contributed by atoms with E-state index in [0.717, 1.165) is 31.2 Å². The first-order valence-corrected chi connectivity index (χ1v) is 5.43. The smallest absolute Gasteiger partial charge is 0.133 e. The molecule has 0 unspecified atom stereocenters. The number of ether oxygens (including phenoxy) is 1. The third kappa shape index (κ3) is 2.58. The first kappa shape index (κ1) is 10.6. The van der Waals surface area contributed by atoms with Crippen LogP contribution in [0.2, 0.25) is 0 Å². The van der Waals surface area contributed by atoms with Crippen LogP contribution < -0.4 is 0 Å². The summed E-state index contributed by atoms with van der Waals surface area (Å²) in [6.45, 7) is 8.82.